The van der Waals surface area contributed by atoms with Crippen molar-refractivity contribution in [1.29, 1.82) is 0 Å². The van der Waals surface area contributed by atoms with Gasteiger partial charge in [-0.3, -0.25) is 14.6 Å². The summed E-state index contributed by atoms with van der Waals surface area (Å²) in [5.41, 5.74) is 1.37. The molecule has 0 radical (unpaired) electrons. The highest BCUT2D eigenvalue weighted by molar-refractivity contribution is 5.95. The van der Waals surface area contributed by atoms with E-state index in [0.717, 1.165) is 18.5 Å². The molecule has 8 heteroatoms. The number of anilines is 1. The Kier molecular flexibility index (Phi) is 5.83. The number of aryl methyl sites for hydroxylation is 1. The Balaban J connectivity index is 1.52. The number of rotatable bonds is 7. The fourth-order valence-corrected chi connectivity index (χ4v) is 3.14. The summed E-state index contributed by atoms with van der Waals surface area (Å²) in [5, 5.41) is 5.94. The highest BCUT2D eigenvalue weighted by atomic mass is 16.2. The first-order valence-corrected chi connectivity index (χ1v) is 8.83. The van der Waals surface area contributed by atoms with Crippen LogP contribution in [0.1, 0.15) is 29.6 Å². The van der Waals surface area contributed by atoms with E-state index in [1.807, 2.05) is 15.7 Å². The first-order valence-electron chi connectivity index (χ1n) is 8.83. The molecule has 8 nitrogen and oxygen atoms in total. The average Bonchev–Trinajstić information content (AvgIpc) is 3.35. The summed E-state index contributed by atoms with van der Waals surface area (Å²) >= 11 is 0. The Morgan fingerprint density at radius 3 is 2.96 bits per heavy atom. The van der Waals surface area contributed by atoms with E-state index in [9.17, 15) is 9.59 Å². The highest BCUT2D eigenvalue weighted by Gasteiger charge is 2.29. The second-order valence-corrected chi connectivity index (χ2v) is 6.36. The minimum Gasteiger partial charge on any atom is -0.387 e. The molecule has 0 saturated carbocycles. The number of pyridine rings is 1. The van der Waals surface area contributed by atoms with E-state index in [0.29, 0.717) is 31.6 Å². The number of carbonyl (C=O) groups excluding carboxylic acids is 2. The van der Waals surface area contributed by atoms with Gasteiger partial charge >= 0.3 is 0 Å². The number of amides is 2. The Bertz CT molecular complexity index is 746. The minimum atomic E-state index is -0.0373. The Morgan fingerprint density at radius 1 is 1.31 bits per heavy atom. The fraction of sp³-hybridized carbons (Fsp3) is 0.444. The van der Waals surface area contributed by atoms with Crippen LogP contribution in [0.4, 0.5) is 5.69 Å². The van der Waals surface area contributed by atoms with Gasteiger partial charge in [0.05, 0.1) is 17.6 Å². The standard InChI is InChI=1S/C18H24N6O2/c1-19-15-9-14(10-21-11-15)18(26)24-6-2-3-16(24)12-22-17(25)4-7-23-8-5-20-13-23/h5,8-11,13,16,19H,2-4,6-7,12H2,1H3,(H,22,25). The zero-order valence-corrected chi connectivity index (χ0v) is 14.9. The van der Waals surface area contributed by atoms with Crippen molar-refractivity contribution >= 4 is 17.5 Å². The van der Waals surface area contributed by atoms with Gasteiger partial charge in [-0.1, -0.05) is 0 Å². The molecule has 1 aliphatic heterocycles. The van der Waals surface area contributed by atoms with Gasteiger partial charge in [-0.25, -0.2) is 4.98 Å². The molecule has 3 rings (SSSR count). The normalized spacial score (nSPS) is 16.5. The van der Waals surface area contributed by atoms with E-state index in [4.69, 9.17) is 0 Å². The van der Waals surface area contributed by atoms with Crippen molar-refractivity contribution in [2.75, 3.05) is 25.5 Å². The molecule has 2 aromatic heterocycles. The van der Waals surface area contributed by atoms with Crippen molar-refractivity contribution in [2.24, 2.45) is 0 Å². The number of aromatic nitrogens is 3. The SMILES string of the molecule is CNc1cncc(C(=O)N2CCCC2CNC(=O)CCn2ccnc2)c1. The number of hydrogen-bond acceptors (Lipinski definition) is 5. The van der Waals surface area contributed by atoms with Crippen molar-refractivity contribution in [1.82, 2.24) is 24.8 Å². The van der Waals surface area contributed by atoms with Gasteiger partial charge in [-0.05, 0) is 18.9 Å². The predicted octanol–water partition coefficient (Wildman–Crippen LogP) is 1.13. The molecule has 1 unspecified atom stereocenters. The van der Waals surface area contributed by atoms with Gasteiger partial charge in [-0.2, -0.15) is 0 Å². The molecule has 1 aliphatic rings. The molecule has 2 amide bonds. The lowest BCUT2D eigenvalue weighted by Crippen LogP contribution is -2.43. The van der Waals surface area contributed by atoms with Crippen molar-refractivity contribution in [3.05, 3.63) is 42.7 Å². The summed E-state index contributed by atoms with van der Waals surface area (Å²) < 4.78 is 1.87. The summed E-state index contributed by atoms with van der Waals surface area (Å²) in [6.45, 7) is 1.79. The Labute approximate surface area is 152 Å². The minimum absolute atomic E-state index is 0.0168. The molecule has 1 fully saturated rings. The molecular weight excluding hydrogens is 332 g/mol. The Morgan fingerprint density at radius 2 is 2.19 bits per heavy atom. The van der Waals surface area contributed by atoms with Gasteiger partial charge in [0.1, 0.15) is 0 Å². The third-order valence-corrected chi connectivity index (χ3v) is 4.60. The maximum absolute atomic E-state index is 12.8. The molecule has 0 aromatic carbocycles. The summed E-state index contributed by atoms with van der Waals surface area (Å²) in [4.78, 5) is 34.8. The van der Waals surface area contributed by atoms with Crippen LogP contribution in [0.25, 0.3) is 0 Å². The second kappa shape index (κ2) is 8.46. The molecule has 26 heavy (non-hydrogen) atoms. The zero-order chi connectivity index (χ0) is 18.4. The lowest BCUT2D eigenvalue weighted by Gasteiger charge is -2.25. The molecule has 1 atom stereocenters. The molecule has 0 bridgehead atoms. The van der Waals surface area contributed by atoms with Gasteiger partial charge in [-0.15, -0.1) is 0 Å². The lowest BCUT2D eigenvalue weighted by molar-refractivity contribution is -0.121. The molecular formula is C18H24N6O2. The van der Waals surface area contributed by atoms with Crippen molar-refractivity contribution in [3.63, 3.8) is 0 Å². The van der Waals surface area contributed by atoms with E-state index in [2.05, 4.69) is 20.6 Å². The van der Waals surface area contributed by atoms with Crippen LogP contribution < -0.4 is 10.6 Å². The zero-order valence-electron chi connectivity index (χ0n) is 14.9. The largest absolute Gasteiger partial charge is 0.387 e. The van der Waals surface area contributed by atoms with E-state index < -0.39 is 0 Å². The third kappa shape index (κ3) is 4.38. The van der Waals surface area contributed by atoms with Gasteiger partial charge in [0.25, 0.3) is 5.91 Å². The molecule has 0 aliphatic carbocycles. The highest BCUT2D eigenvalue weighted by Crippen LogP contribution is 2.20. The number of carbonyl (C=O) groups is 2. The quantitative estimate of drug-likeness (QED) is 0.776. The molecule has 0 spiro atoms. The van der Waals surface area contributed by atoms with Crippen LogP contribution in [0, 0.1) is 0 Å². The van der Waals surface area contributed by atoms with E-state index in [-0.39, 0.29) is 17.9 Å². The van der Waals surface area contributed by atoms with Gasteiger partial charge in [0.15, 0.2) is 0 Å². The number of likely N-dealkylation sites (tertiary alicyclic amines) is 1. The maximum Gasteiger partial charge on any atom is 0.255 e. The molecule has 1 saturated heterocycles. The van der Waals surface area contributed by atoms with Crippen LogP contribution in [0.3, 0.4) is 0 Å². The van der Waals surface area contributed by atoms with Gasteiger partial charge < -0.3 is 20.1 Å². The molecule has 2 aromatic rings. The summed E-state index contributed by atoms with van der Waals surface area (Å²) in [7, 11) is 1.79. The average molecular weight is 356 g/mol. The van der Waals surface area contributed by atoms with Crippen LogP contribution in [0.2, 0.25) is 0 Å². The molecule has 138 valence electrons. The maximum atomic E-state index is 12.8. The van der Waals surface area contributed by atoms with Crippen LogP contribution in [-0.2, 0) is 11.3 Å². The second-order valence-electron chi connectivity index (χ2n) is 6.36. The first kappa shape index (κ1) is 17.9. The lowest BCUT2D eigenvalue weighted by atomic mass is 10.2. The summed E-state index contributed by atoms with van der Waals surface area (Å²) in [5.74, 6) is -0.0541. The third-order valence-electron chi connectivity index (χ3n) is 4.60. The van der Waals surface area contributed by atoms with Crippen LogP contribution in [-0.4, -0.2) is 57.4 Å². The monoisotopic (exact) mass is 356 g/mol. The van der Waals surface area contributed by atoms with Crippen molar-refractivity contribution in [3.8, 4) is 0 Å². The summed E-state index contributed by atoms with van der Waals surface area (Å²) in [6.07, 6.45) is 10.7. The number of imidazole rings is 1. The molecule has 2 N–H and O–H groups in total. The smallest absolute Gasteiger partial charge is 0.255 e. The van der Waals surface area contributed by atoms with Gasteiger partial charge in [0, 0.05) is 63.9 Å². The predicted molar refractivity (Wildman–Crippen MR) is 97.7 cm³/mol. The van der Waals surface area contributed by atoms with Crippen LogP contribution in [0.5, 0.6) is 0 Å². The van der Waals surface area contributed by atoms with Crippen LogP contribution >= 0.6 is 0 Å². The van der Waals surface area contributed by atoms with E-state index in [1.165, 1.54) is 0 Å². The Hall–Kier alpha value is -2.90. The topological polar surface area (TPSA) is 92.2 Å². The number of nitrogens with zero attached hydrogens (tertiary/aromatic N) is 4. The molecule has 3 heterocycles. The number of hydrogen-bond donors (Lipinski definition) is 2. The summed E-state index contributed by atoms with van der Waals surface area (Å²) in [6, 6.07) is 1.83. The van der Waals surface area contributed by atoms with E-state index >= 15 is 0 Å². The van der Waals surface area contributed by atoms with E-state index in [1.54, 1.807) is 38.0 Å². The van der Waals surface area contributed by atoms with Crippen molar-refractivity contribution in [2.45, 2.75) is 31.8 Å². The van der Waals surface area contributed by atoms with Crippen LogP contribution in [0.15, 0.2) is 37.2 Å². The fourth-order valence-electron chi connectivity index (χ4n) is 3.14. The van der Waals surface area contributed by atoms with Crippen molar-refractivity contribution < 1.29 is 9.59 Å². The first-order chi connectivity index (χ1) is 12.7. The van der Waals surface area contributed by atoms with Gasteiger partial charge in [0.2, 0.25) is 5.91 Å². The number of nitrogens with one attached hydrogen (secondary N) is 2.